The second-order valence-corrected chi connectivity index (χ2v) is 7.14. The summed E-state index contributed by atoms with van der Waals surface area (Å²) in [5.41, 5.74) is 1.39. The molecule has 0 radical (unpaired) electrons. The van der Waals surface area contributed by atoms with Crippen molar-refractivity contribution >= 4 is 17.5 Å². The van der Waals surface area contributed by atoms with Crippen molar-refractivity contribution in [1.29, 1.82) is 5.26 Å². The molecule has 3 heteroatoms. The summed E-state index contributed by atoms with van der Waals surface area (Å²) < 4.78 is 0. The van der Waals surface area contributed by atoms with Crippen LogP contribution in [0.3, 0.4) is 0 Å². The summed E-state index contributed by atoms with van der Waals surface area (Å²) in [7, 11) is 0. The van der Waals surface area contributed by atoms with Crippen LogP contribution in [0.15, 0.2) is 24.3 Å². The van der Waals surface area contributed by atoms with Crippen molar-refractivity contribution in [2.24, 2.45) is 5.92 Å². The molecule has 0 aromatic heterocycles. The number of benzene rings is 1. The molecule has 0 N–H and O–H groups in total. The van der Waals surface area contributed by atoms with Crippen molar-refractivity contribution in [3.05, 3.63) is 35.4 Å². The highest BCUT2D eigenvalue weighted by Crippen LogP contribution is 2.44. The summed E-state index contributed by atoms with van der Waals surface area (Å²) in [5, 5.41) is 10.2. The van der Waals surface area contributed by atoms with Crippen LogP contribution in [0.2, 0.25) is 0 Å². The van der Waals surface area contributed by atoms with Crippen LogP contribution in [0.4, 0.5) is 0 Å². The van der Waals surface area contributed by atoms with Crippen LogP contribution in [-0.2, 0) is 0 Å². The second kappa shape index (κ2) is 5.38. The Morgan fingerprint density at radius 1 is 1.16 bits per heavy atom. The molecule has 2 heterocycles. The number of ketones is 1. The third kappa shape index (κ3) is 2.69. The first-order valence-corrected chi connectivity index (χ1v) is 7.90. The summed E-state index contributed by atoms with van der Waals surface area (Å²) in [6.07, 6.45) is 5.97. The molecular formula is C16H17NOS. The van der Waals surface area contributed by atoms with E-state index in [0.717, 1.165) is 18.4 Å². The Hall–Kier alpha value is -1.27. The van der Waals surface area contributed by atoms with E-state index < -0.39 is 0 Å². The summed E-state index contributed by atoms with van der Waals surface area (Å²) in [6, 6.07) is 9.18. The predicted molar refractivity (Wildman–Crippen MR) is 77.2 cm³/mol. The van der Waals surface area contributed by atoms with Gasteiger partial charge < -0.3 is 0 Å². The highest BCUT2D eigenvalue weighted by atomic mass is 32.2. The van der Waals surface area contributed by atoms with E-state index in [1.165, 1.54) is 19.3 Å². The van der Waals surface area contributed by atoms with Gasteiger partial charge in [0, 0.05) is 22.0 Å². The fourth-order valence-corrected chi connectivity index (χ4v) is 5.05. The van der Waals surface area contributed by atoms with Gasteiger partial charge in [0.15, 0.2) is 5.78 Å². The van der Waals surface area contributed by atoms with Crippen LogP contribution >= 0.6 is 11.8 Å². The normalized spacial score (nSPS) is 29.5. The van der Waals surface area contributed by atoms with Crippen molar-refractivity contribution in [2.75, 3.05) is 0 Å². The van der Waals surface area contributed by atoms with Gasteiger partial charge in [-0.05, 0) is 37.8 Å². The number of thioether (sulfide) groups is 1. The maximum absolute atomic E-state index is 12.5. The van der Waals surface area contributed by atoms with E-state index in [2.05, 4.69) is 17.8 Å². The molecule has 0 spiro atoms. The molecule has 19 heavy (non-hydrogen) atoms. The number of rotatable bonds is 2. The van der Waals surface area contributed by atoms with E-state index in [-0.39, 0.29) is 11.7 Å². The third-order valence-electron chi connectivity index (χ3n) is 4.20. The van der Waals surface area contributed by atoms with Gasteiger partial charge in [0.2, 0.25) is 0 Å². The summed E-state index contributed by atoms with van der Waals surface area (Å²) >= 11 is 2.10. The lowest BCUT2D eigenvalue weighted by atomic mass is 9.84. The number of fused-ring (bicyclic) bond motifs is 2. The zero-order valence-electron chi connectivity index (χ0n) is 10.8. The fraction of sp³-hybridized carbons (Fsp3) is 0.500. The van der Waals surface area contributed by atoms with Crippen LogP contribution in [0.25, 0.3) is 0 Å². The predicted octanol–water partition coefficient (Wildman–Crippen LogP) is 3.81. The zero-order chi connectivity index (χ0) is 13.2. The van der Waals surface area contributed by atoms with Gasteiger partial charge in [0.05, 0.1) is 11.6 Å². The lowest BCUT2D eigenvalue weighted by Crippen LogP contribution is -2.32. The molecule has 2 unspecified atom stereocenters. The molecule has 1 aromatic carbocycles. The van der Waals surface area contributed by atoms with Gasteiger partial charge in [-0.25, -0.2) is 0 Å². The van der Waals surface area contributed by atoms with Gasteiger partial charge in [-0.3, -0.25) is 4.79 Å². The number of carbonyl (C=O) groups is 1. The molecule has 2 nitrogen and oxygen atoms in total. The van der Waals surface area contributed by atoms with E-state index in [1.807, 2.05) is 0 Å². The van der Waals surface area contributed by atoms with E-state index >= 15 is 0 Å². The van der Waals surface area contributed by atoms with Crippen molar-refractivity contribution in [2.45, 2.75) is 42.6 Å². The first-order valence-electron chi connectivity index (χ1n) is 6.96. The van der Waals surface area contributed by atoms with Crippen molar-refractivity contribution in [1.82, 2.24) is 0 Å². The average Bonchev–Trinajstić information content (AvgIpc) is 2.46. The lowest BCUT2D eigenvalue weighted by molar-refractivity contribution is 0.0896. The molecule has 1 aromatic rings. The first kappa shape index (κ1) is 12.7. The molecule has 0 aliphatic carbocycles. The molecule has 0 saturated carbocycles. The van der Waals surface area contributed by atoms with Crippen molar-refractivity contribution in [3.63, 3.8) is 0 Å². The number of nitrogens with zero attached hydrogens (tertiary/aromatic N) is 1. The Morgan fingerprint density at radius 2 is 1.79 bits per heavy atom. The van der Waals surface area contributed by atoms with Gasteiger partial charge in [-0.1, -0.05) is 18.6 Å². The van der Waals surface area contributed by atoms with Gasteiger partial charge >= 0.3 is 0 Å². The van der Waals surface area contributed by atoms with Crippen LogP contribution in [0.1, 0.15) is 48.0 Å². The first-order chi connectivity index (χ1) is 9.26. The number of Topliss-reactive ketones (excluding diaryl/α,β-unsaturated/α-hetero) is 1. The quantitative estimate of drug-likeness (QED) is 0.768. The summed E-state index contributed by atoms with van der Waals surface area (Å²) in [5.74, 6) is 0.478. The number of nitriles is 1. The second-order valence-electron chi connectivity index (χ2n) is 5.53. The fourth-order valence-electron chi connectivity index (χ4n) is 3.22. The van der Waals surface area contributed by atoms with Crippen molar-refractivity contribution < 1.29 is 4.79 Å². The largest absolute Gasteiger partial charge is 0.294 e. The van der Waals surface area contributed by atoms with Gasteiger partial charge in [-0.15, -0.1) is 0 Å². The zero-order valence-corrected chi connectivity index (χ0v) is 11.7. The van der Waals surface area contributed by atoms with Crippen LogP contribution < -0.4 is 0 Å². The maximum atomic E-state index is 12.5. The molecule has 2 fully saturated rings. The lowest BCUT2D eigenvalue weighted by Gasteiger charge is -2.37. The minimum absolute atomic E-state index is 0.199. The minimum atomic E-state index is 0.199. The average molecular weight is 271 g/mol. The van der Waals surface area contributed by atoms with Gasteiger partial charge in [-0.2, -0.15) is 17.0 Å². The molecule has 3 rings (SSSR count). The number of carbonyl (C=O) groups excluding carboxylic acids is 1. The van der Waals surface area contributed by atoms with Crippen LogP contribution in [-0.4, -0.2) is 16.3 Å². The Labute approximate surface area is 118 Å². The third-order valence-corrected chi connectivity index (χ3v) is 5.83. The number of hydrogen-bond acceptors (Lipinski definition) is 3. The molecule has 2 bridgehead atoms. The van der Waals surface area contributed by atoms with E-state index in [9.17, 15) is 4.79 Å². The molecule has 0 amide bonds. The van der Waals surface area contributed by atoms with Crippen LogP contribution in [0.5, 0.6) is 0 Å². The Bertz CT molecular complexity index is 505. The SMILES string of the molecule is N#Cc1ccc(C(=O)C2CC3CCCC(C2)S3)cc1. The molecule has 98 valence electrons. The molecule has 2 saturated heterocycles. The monoisotopic (exact) mass is 271 g/mol. The molecule has 2 aliphatic heterocycles. The number of hydrogen-bond donors (Lipinski definition) is 0. The van der Waals surface area contributed by atoms with Gasteiger partial charge in [0.1, 0.15) is 0 Å². The Morgan fingerprint density at radius 3 is 2.37 bits per heavy atom. The van der Waals surface area contributed by atoms with E-state index in [4.69, 9.17) is 5.26 Å². The molecule has 2 atom stereocenters. The van der Waals surface area contributed by atoms with Crippen molar-refractivity contribution in [3.8, 4) is 6.07 Å². The summed E-state index contributed by atoms with van der Waals surface area (Å²) in [4.78, 5) is 12.5. The highest BCUT2D eigenvalue weighted by molar-refractivity contribution is 8.00. The van der Waals surface area contributed by atoms with Crippen LogP contribution in [0, 0.1) is 17.2 Å². The Balaban J connectivity index is 1.74. The molecular weight excluding hydrogens is 254 g/mol. The standard InChI is InChI=1S/C16H17NOS/c17-10-11-4-6-12(7-5-11)16(18)13-8-14-2-1-3-15(9-13)19-14/h4-7,13-15H,1-3,8-9H2. The minimum Gasteiger partial charge on any atom is -0.294 e. The smallest absolute Gasteiger partial charge is 0.166 e. The van der Waals surface area contributed by atoms with Gasteiger partial charge in [0.25, 0.3) is 0 Å². The Kier molecular flexibility index (Phi) is 3.61. The van der Waals surface area contributed by atoms with E-state index in [0.29, 0.717) is 16.1 Å². The highest BCUT2D eigenvalue weighted by Gasteiger charge is 2.35. The van der Waals surface area contributed by atoms with E-state index in [1.54, 1.807) is 24.3 Å². The topological polar surface area (TPSA) is 40.9 Å². The molecule has 2 aliphatic rings. The summed E-state index contributed by atoms with van der Waals surface area (Å²) in [6.45, 7) is 0. The maximum Gasteiger partial charge on any atom is 0.166 e.